The van der Waals surface area contributed by atoms with E-state index < -0.39 is 0 Å². The number of fused-ring (bicyclic) bond motifs is 1. The Morgan fingerprint density at radius 1 is 1.29 bits per heavy atom. The number of hydrogen-bond donors (Lipinski definition) is 1. The van der Waals surface area contributed by atoms with Gasteiger partial charge in [0.2, 0.25) is 0 Å². The van der Waals surface area contributed by atoms with Crippen molar-refractivity contribution in [3.8, 4) is 5.88 Å². The van der Waals surface area contributed by atoms with Crippen molar-refractivity contribution in [3.63, 3.8) is 0 Å². The summed E-state index contributed by atoms with van der Waals surface area (Å²) in [6.07, 6.45) is 2.51. The molecule has 1 aromatic heterocycles. The molecule has 0 amide bonds. The van der Waals surface area contributed by atoms with Crippen molar-refractivity contribution in [1.82, 2.24) is 15.3 Å². The molecule has 1 atom stereocenters. The van der Waals surface area contributed by atoms with E-state index in [-0.39, 0.29) is 0 Å². The van der Waals surface area contributed by atoms with Crippen LogP contribution in [-0.4, -0.2) is 43.8 Å². The summed E-state index contributed by atoms with van der Waals surface area (Å²) in [5, 5.41) is 3.46. The van der Waals surface area contributed by atoms with Crippen LogP contribution in [0.3, 0.4) is 0 Å². The molecule has 3 rings (SSSR count). The smallest absolute Gasteiger partial charge is 0.257 e. The number of nitrogens with one attached hydrogen (secondary N) is 1. The third-order valence-corrected chi connectivity index (χ3v) is 4.01. The highest BCUT2D eigenvalue weighted by Crippen LogP contribution is 2.27. The van der Waals surface area contributed by atoms with Crippen LogP contribution in [0, 0.1) is 5.92 Å². The minimum absolute atomic E-state index is 0.597. The van der Waals surface area contributed by atoms with Crippen LogP contribution in [0.15, 0.2) is 24.3 Å². The molecule has 0 bridgehead atoms. The number of hydrogen-bond acceptors (Lipinski definition) is 5. The second kappa shape index (κ2) is 6.26. The first-order valence-corrected chi connectivity index (χ1v) is 7.50. The molecule has 1 aliphatic rings. The normalized spacial score (nSPS) is 18.7. The molecule has 0 spiro atoms. The fraction of sp³-hybridized carbons (Fsp3) is 0.500. The van der Waals surface area contributed by atoms with E-state index in [2.05, 4.69) is 22.2 Å². The SMILES string of the molecule is COc1nc2ccccc2nc1N(C)C[C@@H]1CCCNC1. The van der Waals surface area contributed by atoms with Gasteiger partial charge in [-0.05, 0) is 44.0 Å². The van der Waals surface area contributed by atoms with E-state index in [1.807, 2.05) is 24.3 Å². The molecule has 1 saturated heterocycles. The second-order valence-electron chi connectivity index (χ2n) is 5.64. The van der Waals surface area contributed by atoms with E-state index in [1.54, 1.807) is 7.11 Å². The van der Waals surface area contributed by atoms with Gasteiger partial charge >= 0.3 is 0 Å². The molecule has 0 saturated carbocycles. The molecule has 0 unspecified atom stereocenters. The number of ether oxygens (including phenoxy) is 1. The molecule has 2 heterocycles. The van der Waals surface area contributed by atoms with Crippen LogP contribution in [0.1, 0.15) is 12.8 Å². The van der Waals surface area contributed by atoms with Crippen molar-refractivity contribution in [2.75, 3.05) is 38.7 Å². The maximum atomic E-state index is 5.43. The summed E-state index contributed by atoms with van der Waals surface area (Å²) < 4.78 is 5.43. The summed E-state index contributed by atoms with van der Waals surface area (Å²) in [6.45, 7) is 3.18. The Balaban J connectivity index is 1.86. The van der Waals surface area contributed by atoms with Crippen LogP contribution in [0.25, 0.3) is 11.0 Å². The number of nitrogens with zero attached hydrogens (tertiary/aromatic N) is 3. The highest BCUT2D eigenvalue weighted by Gasteiger charge is 2.19. The van der Waals surface area contributed by atoms with E-state index in [0.717, 1.165) is 36.5 Å². The van der Waals surface area contributed by atoms with E-state index in [4.69, 9.17) is 9.72 Å². The third kappa shape index (κ3) is 3.08. The average Bonchev–Trinajstić information content (AvgIpc) is 2.54. The largest absolute Gasteiger partial charge is 0.478 e. The Morgan fingerprint density at radius 2 is 2.05 bits per heavy atom. The third-order valence-electron chi connectivity index (χ3n) is 4.01. The Labute approximate surface area is 125 Å². The maximum absolute atomic E-state index is 5.43. The average molecular weight is 286 g/mol. The first-order valence-electron chi connectivity index (χ1n) is 7.50. The molecule has 112 valence electrons. The molecule has 5 nitrogen and oxygen atoms in total. The van der Waals surface area contributed by atoms with Crippen LogP contribution in [0.4, 0.5) is 5.82 Å². The standard InChI is InChI=1S/C16H22N4O/c1-20(11-12-6-5-9-17-10-12)15-16(21-2)19-14-8-4-3-7-13(14)18-15/h3-4,7-8,12,17H,5-6,9-11H2,1-2H3/t12-/m1/s1. The zero-order chi connectivity index (χ0) is 14.7. The van der Waals surface area contributed by atoms with Crippen molar-refractivity contribution in [3.05, 3.63) is 24.3 Å². The predicted octanol–water partition coefficient (Wildman–Crippen LogP) is 2.07. The van der Waals surface area contributed by atoms with Crippen molar-refractivity contribution in [2.24, 2.45) is 5.92 Å². The number of para-hydroxylation sites is 2. The summed E-state index contributed by atoms with van der Waals surface area (Å²) in [4.78, 5) is 11.5. The van der Waals surface area contributed by atoms with Crippen LogP contribution in [0.5, 0.6) is 5.88 Å². The monoisotopic (exact) mass is 286 g/mol. The van der Waals surface area contributed by atoms with Crippen LogP contribution in [-0.2, 0) is 0 Å². The summed E-state index contributed by atoms with van der Waals surface area (Å²) in [6, 6.07) is 7.90. The molecule has 1 fully saturated rings. The Morgan fingerprint density at radius 3 is 2.71 bits per heavy atom. The first-order chi connectivity index (χ1) is 10.3. The maximum Gasteiger partial charge on any atom is 0.257 e. The fourth-order valence-corrected chi connectivity index (χ4v) is 2.91. The van der Waals surface area contributed by atoms with E-state index in [0.29, 0.717) is 11.8 Å². The first kappa shape index (κ1) is 14.1. The highest BCUT2D eigenvalue weighted by atomic mass is 16.5. The van der Waals surface area contributed by atoms with Crippen molar-refractivity contribution < 1.29 is 4.74 Å². The summed E-state index contributed by atoms with van der Waals surface area (Å²) in [7, 11) is 3.72. The molecule has 1 aromatic carbocycles. The van der Waals surface area contributed by atoms with Gasteiger partial charge in [0.05, 0.1) is 18.1 Å². The molecule has 5 heteroatoms. The minimum Gasteiger partial charge on any atom is -0.478 e. The molecule has 1 N–H and O–H groups in total. The molecule has 1 aliphatic heterocycles. The molecule has 0 aliphatic carbocycles. The Hall–Kier alpha value is -1.88. The Bertz CT molecular complexity index is 610. The molecule has 21 heavy (non-hydrogen) atoms. The lowest BCUT2D eigenvalue weighted by Gasteiger charge is -2.28. The fourth-order valence-electron chi connectivity index (χ4n) is 2.91. The number of aromatic nitrogens is 2. The summed E-state index contributed by atoms with van der Waals surface area (Å²) >= 11 is 0. The van der Waals surface area contributed by atoms with Crippen molar-refractivity contribution in [2.45, 2.75) is 12.8 Å². The highest BCUT2D eigenvalue weighted by molar-refractivity contribution is 5.77. The van der Waals surface area contributed by atoms with Gasteiger partial charge in [0.15, 0.2) is 5.82 Å². The lowest BCUT2D eigenvalue weighted by Crippen LogP contribution is -2.37. The number of piperidine rings is 1. The predicted molar refractivity (Wildman–Crippen MR) is 85.0 cm³/mol. The topological polar surface area (TPSA) is 50.3 Å². The van der Waals surface area contributed by atoms with Crippen LogP contribution in [0.2, 0.25) is 0 Å². The lowest BCUT2D eigenvalue weighted by atomic mass is 9.99. The van der Waals surface area contributed by atoms with Crippen LogP contribution < -0.4 is 15.0 Å². The van der Waals surface area contributed by atoms with Crippen LogP contribution >= 0.6 is 0 Å². The Kier molecular flexibility index (Phi) is 4.20. The van der Waals surface area contributed by atoms with Gasteiger partial charge in [-0.25, -0.2) is 9.97 Å². The van der Waals surface area contributed by atoms with Gasteiger partial charge in [-0.15, -0.1) is 0 Å². The summed E-state index contributed by atoms with van der Waals surface area (Å²) in [5.74, 6) is 2.07. The number of rotatable bonds is 4. The van der Waals surface area contributed by atoms with Gasteiger partial charge in [-0.1, -0.05) is 12.1 Å². The minimum atomic E-state index is 0.597. The molecular formula is C16H22N4O. The van der Waals surface area contributed by atoms with Crippen molar-refractivity contribution in [1.29, 1.82) is 0 Å². The zero-order valence-corrected chi connectivity index (χ0v) is 12.7. The van der Waals surface area contributed by atoms with E-state index >= 15 is 0 Å². The van der Waals surface area contributed by atoms with Gasteiger partial charge in [0.25, 0.3) is 5.88 Å². The number of methoxy groups -OCH3 is 1. The van der Waals surface area contributed by atoms with Gasteiger partial charge < -0.3 is 15.0 Å². The van der Waals surface area contributed by atoms with Gasteiger partial charge in [-0.2, -0.15) is 0 Å². The zero-order valence-electron chi connectivity index (χ0n) is 12.7. The number of benzene rings is 1. The van der Waals surface area contributed by atoms with E-state index in [1.165, 1.54) is 12.8 Å². The molecular weight excluding hydrogens is 264 g/mol. The molecule has 0 radical (unpaired) electrons. The number of anilines is 1. The van der Waals surface area contributed by atoms with Gasteiger partial charge in [0, 0.05) is 13.6 Å². The lowest BCUT2D eigenvalue weighted by molar-refractivity contribution is 0.374. The quantitative estimate of drug-likeness (QED) is 0.932. The summed E-state index contributed by atoms with van der Waals surface area (Å²) in [5.41, 5.74) is 1.77. The van der Waals surface area contributed by atoms with Gasteiger partial charge in [0.1, 0.15) is 0 Å². The van der Waals surface area contributed by atoms with E-state index in [9.17, 15) is 0 Å². The molecule has 2 aromatic rings. The second-order valence-corrected chi connectivity index (χ2v) is 5.64. The van der Waals surface area contributed by atoms with Gasteiger partial charge in [-0.3, -0.25) is 0 Å². The van der Waals surface area contributed by atoms with Crippen molar-refractivity contribution >= 4 is 16.9 Å².